The molecule has 0 aliphatic carbocycles. The third-order valence-electron chi connectivity index (χ3n) is 4.03. The molecular formula is C19H40O5Si. The van der Waals surface area contributed by atoms with Crippen LogP contribution in [0.15, 0.2) is 0 Å². The topological polar surface area (TPSA) is 54.0 Å². The summed E-state index contributed by atoms with van der Waals surface area (Å²) in [6, 6.07) is 0.435. The lowest BCUT2D eigenvalue weighted by Crippen LogP contribution is -2.50. The van der Waals surface area contributed by atoms with E-state index < -0.39 is 14.2 Å². The van der Waals surface area contributed by atoms with Crippen LogP contribution in [0.1, 0.15) is 80.1 Å². The Hall–Kier alpha value is -0.433. The summed E-state index contributed by atoms with van der Waals surface area (Å²) in [6.07, 6.45) is 7.05. The molecule has 0 atom stereocenters. The first kappa shape index (κ1) is 24.6. The van der Waals surface area contributed by atoms with Crippen molar-refractivity contribution in [2.45, 2.75) is 86.1 Å². The van der Waals surface area contributed by atoms with Gasteiger partial charge in [0.2, 0.25) is 0 Å². The Kier molecular flexibility index (Phi) is 13.5. The van der Waals surface area contributed by atoms with Crippen LogP contribution in [0.25, 0.3) is 0 Å². The van der Waals surface area contributed by atoms with Gasteiger partial charge in [-0.2, -0.15) is 0 Å². The van der Waals surface area contributed by atoms with Crippen LogP contribution in [0.4, 0.5) is 0 Å². The third kappa shape index (κ3) is 10.3. The van der Waals surface area contributed by atoms with E-state index in [-0.39, 0.29) is 5.97 Å². The first-order valence-electron chi connectivity index (χ1n) is 9.96. The first-order chi connectivity index (χ1) is 11.9. The minimum absolute atomic E-state index is 0.197. The van der Waals surface area contributed by atoms with Crippen molar-refractivity contribution >= 4 is 14.8 Å². The number of esters is 1. The molecule has 0 unspecified atom stereocenters. The van der Waals surface area contributed by atoms with Crippen LogP contribution in [-0.2, 0) is 22.8 Å². The van der Waals surface area contributed by atoms with Gasteiger partial charge in [-0.15, -0.1) is 0 Å². The SMILES string of the molecule is CCCCCCCCOC(=O)C(C)(C)C[Si](OCC)(OCC)OCC. The first-order valence-corrected chi connectivity index (χ1v) is 11.9. The fourth-order valence-electron chi connectivity index (χ4n) is 2.79. The van der Waals surface area contributed by atoms with E-state index in [4.69, 9.17) is 18.0 Å². The van der Waals surface area contributed by atoms with Crippen LogP contribution in [0.3, 0.4) is 0 Å². The van der Waals surface area contributed by atoms with Gasteiger partial charge >= 0.3 is 14.8 Å². The van der Waals surface area contributed by atoms with Gasteiger partial charge in [0.1, 0.15) is 0 Å². The highest BCUT2D eigenvalue weighted by molar-refractivity contribution is 6.61. The molecule has 0 fully saturated rings. The maximum atomic E-state index is 12.5. The summed E-state index contributed by atoms with van der Waals surface area (Å²) in [7, 11) is -2.86. The molecule has 0 aromatic carbocycles. The molecule has 0 aromatic rings. The van der Waals surface area contributed by atoms with Crippen LogP contribution >= 0.6 is 0 Å². The Morgan fingerprint density at radius 3 is 1.76 bits per heavy atom. The maximum Gasteiger partial charge on any atom is 0.502 e. The van der Waals surface area contributed by atoms with Gasteiger partial charge < -0.3 is 18.0 Å². The van der Waals surface area contributed by atoms with Crippen LogP contribution in [0.2, 0.25) is 6.04 Å². The van der Waals surface area contributed by atoms with Crippen molar-refractivity contribution in [1.29, 1.82) is 0 Å². The predicted molar refractivity (Wildman–Crippen MR) is 104 cm³/mol. The van der Waals surface area contributed by atoms with E-state index in [0.717, 1.165) is 12.8 Å². The highest BCUT2D eigenvalue weighted by atomic mass is 28.4. The number of hydrogen-bond acceptors (Lipinski definition) is 5. The van der Waals surface area contributed by atoms with E-state index in [1.165, 1.54) is 25.7 Å². The molecule has 0 N–H and O–H groups in total. The lowest BCUT2D eigenvalue weighted by Gasteiger charge is -2.34. The van der Waals surface area contributed by atoms with Crippen molar-refractivity contribution in [3.05, 3.63) is 0 Å². The highest BCUT2D eigenvalue weighted by Crippen LogP contribution is 2.32. The highest BCUT2D eigenvalue weighted by Gasteiger charge is 2.48. The van der Waals surface area contributed by atoms with Crippen LogP contribution in [0, 0.1) is 5.41 Å². The second-order valence-corrected chi connectivity index (χ2v) is 9.53. The Labute approximate surface area is 156 Å². The summed E-state index contributed by atoms with van der Waals surface area (Å²) in [6.45, 7) is 13.8. The molecule has 0 amide bonds. The van der Waals surface area contributed by atoms with E-state index in [1.54, 1.807) is 0 Å². The maximum absolute atomic E-state index is 12.5. The van der Waals surface area contributed by atoms with Gasteiger partial charge in [-0.25, -0.2) is 0 Å². The van der Waals surface area contributed by atoms with E-state index >= 15 is 0 Å². The lowest BCUT2D eigenvalue weighted by atomic mass is 9.97. The van der Waals surface area contributed by atoms with Crippen LogP contribution in [0.5, 0.6) is 0 Å². The Bertz CT molecular complexity index is 330. The minimum Gasteiger partial charge on any atom is -0.465 e. The molecule has 0 aliphatic rings. The molecule has 0 aromatic heterocycles. The average Bonchev–Trinajstić information content (AvgIpc) is 2.54. The molecule has 0 bridgehead atoms. The van der Waals surface area contributed by atoms with E-state index in [9.17, 15) is 4.79 Å². The molecule has 0 saturated heterocycles. The molecule has 0 heterocycles. The molecular weight excluding hydrogens is 336 g/mol. The zero-order valence-corrected chi connectivity index (χ0v) is 18.3. The number of ether oxygens (including phenoxy) is 1. The number of carbonyl (C=O) groups is 1. The predicted octanol–water partition coefficient (Wildman–Crippen LogP) is 4.96. The van der Waals surface area contributed by atoms with Crippen molar-refractivity contribution in [2.75, 3.05) is 26.4 Å². The van der Waals surface area contributed by atoms with E-state index in [0.29, 0.717) is 32.5 Å². The Morgan fingerprint density at radius 2 is 1.28 bits per heavy atom. The van der Waals surface area contributed by atoms with Gasteiger partial charge in [0.15, 0.2) is 0 Å². The molecule has 150 valence electrons. The summed E-state index contributed by atoms with van der Waals surface area (Å²) in [5.41, 5.74) is -0.687. The van der Waals surface area contributed by atoms with Crippen molar-refractivity contribution in [3.63, 3.8) is 0 Å². The molecule has 0 aliphatic heterocycles. The van der Waals surface area contributed by atoms with Crippen LogP contribution in [-0.4, -0.2) is 41.2 Å². The summed E-state index contributed by atoms with van der Waals surface area (Å²) < 4.78 is 23.1. The molecule has 0 spiro atoms. The molecule has 0 saturated carbocycles. The fraction of sp³-hybridized carbons (Fsp3) is 0.947. The normalized spacial score (nSPS) is 12.4. The minimum atomic E-state index is -2.86. The second kappa shape index (κ2) is 13.7. The number of hydrogen-bond donors (Lipinski definition) is 0. The molecule has 5 nitrogen and oxygen atoms in total. The molecule has 0 radical (unpaired) electrons. The monoisotopic (exact) mass is 376 g/mol. The molecule has 25 heavy (non-hydrogen) atoms. The van der Waals surface area contributed by atoms with Gasteiger partial charge in [-0.1, -0.05) is 39.0 Å². The van der Waals surface area contributed by atoms with Crippen molar-refractivity contribution in [1.82, 2.24) is 0 Å². The summed E-state index contributed by atoms with van der Waals surface area (Å²) in [5, 5.41) is 0. The van der Waals surface area contributed by atoms with Crippen molar-refractivity contribution in [2.24, 2.45) is 5.41 Å². The summed E-state index contributed by atoms with van der Waals surface area (Å²) >= 11 is 0. The zero-order chi connectivity index (χ0) is 19.2. The quantitative estimate of drug-likeness (QED) is 0.216. The van der Waals surface area contributed by atoms with Gasteiger partial charge in [0.25, 0.3) is 0 Å². The standard InChI is InChI=1S/C19H40O5Si/c1-7-11-12-13-14-15-16-21-18(20)19(5,6)17-25(22-8-2,23-9-3)24-10-4/h7-17H2,1-6H3. The number of carbonyl (C=O) groups excluding carboxylic acids is 1. The molecule has 0 rings (SSSR count). The van der Waals surface area contributed by atoms with Gasteiger partial charge in [0.05, 0.1) is 12.0 Å². The Balaban J connectivity index is 4.50. The average molecular weight is 377 g/mol. The second-order valence-electron chi connectivity index (χ2n) is 6.95. The lowest BCUT2D eigenvalue weighted by molar-refractivity contribution is -0.153. The summed E-state index contributed by atoms with van der Waals surface area (Å²) in [4.78, 5) is 12.5. The zero-order valence-electron chi connectivity index (χ0n) is 17.3. The van der Waals surface area contributed by atoms with Gasteiger partial charge in [-0.3, -0.25) is 4.79 Å². The van der Waals surface area contributed by atoms with E-state index in [2.05, 4.69) is 6.92 Å². The van der Waals surface area contributed by atoms with Gasteiger partial charge in [0, 0.05) is 25.9 Å². The Morgan fingerprint density at radius 1 is 0.800 bits per heavy atom. The van der Waals surface area contributed by atoms with Crippen molar-refractivity contribution < 1.29 is 22.8 Å². The number of rotatable bonds is 16. The smallest absolute Gasteiger partial charge is 0.465 e. The van der Waals surface area contributed by atoms with E-state index in [1.807, 2.05) is 34.6 Å². The van der Waals surface area contributed by atoms with Crippen molar-refractivity contribution in [3.8, 4) is 0 Å². The summed E-state index contributed by atoms with van der Waals surface area (Å²) in [5.74, 6) is -0.197. The van der Waals surface area contributed by atoms with Crippen LogP contribution < -0.4 is 0 Å². The largest absolute Gasteiger partial charge is 0.502 e. The third-order valence-corrected chi connectivity index (χ3v) is 7.54. The fourth-order valence-corrected chi connectivity index (χ4v) is 5.90. The van der Waals surface area contributed by atoms with Gasteiger partial charge in [-0.05, 0) is 41.0 Å². The number of unbranched alkanes of at least 4 members (excludes halogenated alkanes) is 5. The molecule has 6 heteroatoms.